The van der Waals surface area contributed by atoms with Crippen molar-refractivity contribution in [2.75, 3.05) is 0 Å². The van der Waals surface area contributed by atoms with E-state index in [-0.39, 0.29) is 0 Å². The molecule has 0 saturated carbocycles. The van der Waals surface area contributed by atoms with Crippen LogP contribution in [0.3, 0.4) is 0 Å². The number of rotatable bonds is 2. The Morgan fingerprint density at radius 3 is 2.32 bits per heavy atom. The van der Waals surface area contributed by atoms with E-state index in [9.17, 15) is 0 Å². The maximum Gasteiger partial charge on any atom is 0.100 e. The molecule has 94 valence electrons. The minimum Gasteiger partial charge on any atom is -0.282 e. The molecule has 3 aromatic rings. The van der Waals surface area contributed by atoms with Gasteiger partial charge in [0.1, 0.15) is 5.69 Å². The van der Waals surface area contributed by atoms with Gasteiger partial charge in [0.15, 0.2) is 0 Å². The Balaban J connectivity index is 2.16. The Hall–Kier alpha value is -1.94. The molecule has 0 amide bonds. The SMILES string of the molecule is Cc1[nH]nc(-c2ccc(Br)cc2)c1-c1ccncc1. The summed E-state index contributed by atoms with van der Waals surface area (Å²) in [6, 6.07) is 12.2. The van der Waals surface area contributed by atoms with E-state index in [0.29, 0.717) is 0 Å². The van der Waals surface area contributed by atoms with Crippen LogP contribution in [0.2, 0.25) is 0 Å². The molecule has 0 saturated heterocycles. The van der Waals surface area contributed by atoms with Crippen LogP contribution >= 0.6 is 15.9 Å². The lowest BCUT2D eigenvalue weighted by Crippen LogP contribution is -1.84. The van der Waals surface area contributed by atoms with Crippen LogP contribution in [-0.4, -0.2) is 15.2 Å². The third-order valence-electron chi connectivity index (χ3n) is 3.03. The number of benzene rings is 1. The first kappa shape index (κ1) is 12.1. The third kappa shape index (κ3) is 2.31. The summed E-state index contributed by atoms with van der Waals surface area (Å²) in [6.45, 7) is 2.03. The van der Waals surface area contributed by atoms with Gasteiger partial charge < -0.3 is 0 Å². The quantitative estimate of drug-likeness (QED) is 0.770. The van der Waals surface area contributed by atoms with Gasteiger partial charge in [-0.3, -0.25) is 10.1 Å². The van der Waals surface area contributed by atoms with Crippen molar-refractivity contribution in [3.63, 3.8) is 0 Å². The number of aromatic amines is 1. The van der Waals surface area contributed by atoms with Gasteiger partial charge in [-0.2, -0.15) is 5.10 Å². The first-order valence-corrected chi connectivity index (χ1v) is 6.76. The molecule has 0 spiro atoms. The smallest absolute Gasteiger partial charge is 0.100 e. The monoisotopic (exact) mass is 313 g/mol. The standard InChI is InChI=1S/C15H12BrN3/c1-10-14(11-6-8-17-9-7-11)15(19-18-10)12-2-4-13(16)5-3-12/h2-9H,1H3,(H,18,19). The van der Waals surface area contributed by atoms with Crippen LogP contribution in [0.25, 0.3) is 22.4 Å². The molecule has 3 rings (SSSR count). The fourth-order valence-corrected chi connectivity index (χ4v) is 2.38. The van der Waals surface area contributed by atoms with Gasteiger partial charge in [-0.15, -0.1) is 0 Å². The lowest BCUT2D eigenvalue weighted by atomic mass is 10.0. The Morgan fingerprint density at radius 2 is 1.63 bits per heavy atom. The summed E-state index contributed by atoms with van der Waals surface area (Å²) in [4.78, 5) is 4.06. The highest BCUT2D eigenvalue weighted by Gasteiger charge is 2.13. The summed E-state index contributed by atoms with van der Waals surface area (Å²) in [5.74, 6) is 0. The van der Waals surface area contributed by atoms with Crippen molar-refractivity contribution in [2.24, 2.45) is 0 Å². The number of nitrogens with zero attached hydrogens (tertiary/aromatic N) is 2. The Morgan fingerprint density at radius 1 is 0.947 bits per heavy atom. The molecule has 0 aliphatic rings. The molecule has 0 unspecified atom stereocenters. The lowest BCUT2D eigenvalue weighted by Gasteiger charge is -2.04. The van der Waals surface area contributed by atoms with Crippen molar-refractivity contribution < 1.29 is 0 Å². The maximum absolute atomic E-state index is 4.43. The summed E-state index contributed by atoms with van der Waals surface area (Å²) in [5, 5.41) is 7.50. The zero-order valence-corrected chi connectivity index (χ0v) is 12.0. The average Bonchev–Trinajstić information content (AvgIpc) is 2.82. The van der Waals surface area contributed by atoms with Crippen LogP contribution in [0, 0.1) is 6.92 Å². The molecule has 0 atom stereocenters. The molecule has 3 nitrogen and oxygen atoms in total. The second-order valence-corrected chi connectivity index (χ2v) is 5.23. The summed E-state index contributed by atoms with van der Waals surface area (Å²) in [7, 11) is 0. The molecule has 0 aliphatic carbocycles. The molecule has 4 heteroatoms. The topological polar surface area (TPSA) is 41.6 Å². The molecule has 1 N–H and O–H groups in total. The summed E-state index contributed by atoms with van der Waals surface area (Å²) >= 11 is 3.45. The second kappa shape index (κ2) is 4.97. The molecular formula is C15H12BrN3. The minimum absolute atomic E-state index is 0.969. The van der Waals surface area contributed by atoms with E-state index < -0.39 is 0 Å². The minimum atomic E-state index is 0.969. The molecule has 0 fully saturated rings. The Bertz CT molecular complexity index is 687. The molecule has 0 bridgehead atoms. The van der Waals surface area contributed by atoms with Gasteiger partial charge in [0.05, 0.1) is 0 Å². The number of nitrogens with one attached hydrogen (secondary N) is 1. The van der Waals surface area contributed by atoms with Crippen LogP contribution in [0.5, 0.6) is 0 Å². The first-order chi connectivity index (χ1) is 9.25. The number of aryl methyl sites for hydroxylation is 1. The van der Waals surface area contributed by atoms with Gasteiger partial charge in [-0.25, -0.2) is 0 Å². The summed E-state index contributed by atoms with van der Waals surface area (Å²) < 4.78 is 1.06. The maximum atomic E-state index is 4.43. The van der Waals surface area contributed by atoms with Crippen molar-refractivity contribution in [2.45, 2.75) is 6.92 Å². The zero-order chi connectivity index (χ0) is 13.2. The molecule has 2 heterocycles. The van der Waals surface area contributed by atoms with Crippen LogP contribution in [0.4, 0.5) is 0 Å². The fourth-order valence-electron chi connectivity index (χ4n) is 2.12. The molecular weight excluding hydrogens is 302 g/mol. The molecule has 1 aromatic carbocycles. The van der Waals surface area contributed by atoms with E-state index in [0.717, 1.165) is 32.6 Å². The van der Waals surface area contributed by atoms with Gasteiger partial charge >= 0.3 is 0 Å². The highest BCUT2D eigenvalue weighted by atomic mass is 79.9. The molecule has 2 aromatic heterocycles. The number of hydrogen-bond acceptors (Lipinski definition) is 2. The second-order valence-electron chi connectivity index (χ2n) is 4.31. The Labute approximate surface area is 119 Å². The van der Waals surface area contributed by atoms with Gasteiger partial charge in [-0.05, 0) is 36.8 Å². The van der Waals surface area contributed by atoms with Gasteiger partial charge in [0.25, 0.3) is 0 Å². The predicted octanol–water partition coefficient (Wildman–Crippen LogP) is 4.21. The average molecular weight is 314 g/mol. The van der Waals surface area contributed by atoms with E-state index >= 15 is 0 Å². The largest absolute Gasteiger partial charge is 0.282 e. The first-order valence-electron chi connectivity index (χ1n) is 5.97. The number of halogens is 1. The third-order valence-corrected chi connectivity index (χ3v) is 3.56. The van der Waals surface area contributed by atoms with Crippen molar-refractivity contribution in [3.05, 3.63) is 59.0 Å². The fraction of sp³-hybridized carbons (Fsp3) is 0.0667. The van der Waals surface area contributed by atoms with E-state index in [4.69, 9.17) is 0 Å². The number of H-pyrrole nitrogens is 1. The van der Waals surface area contributed by atoms with Crippen molar-refractivity contribution in [1.29, 1.82) is 0 Å². The normalized spacial score (nSPS) is 10.6. The zero-order valence-electron chi connectivity index (χ0n) is 10.4. The predicted molar refractivity (Wildman–Crippen MR) is 79.7 cm³/mol. The van der Waals surface area contributed by atoms with Gasteiger partial charge in [0, 0.05) is 33.7 Å². The molecule has 0 aliphatic heterocycles. The molecule has 19 heavy (non-hydrogen) atoms. The number of aromatic nitrogens is 3. The number of pyridine rings is 1. The van der Waals surface area contributed by atoms with Gasteiger partial charge in [-0.1, -0.05) is 28.1 Å². The highest BCUT2D eigenvalue weighted by Crippen LogP contribution is 2.32. The van der Waals surface area contributed by atoms with Crippen molar-refractivity contribution in [3.8, 4) is 22.4 Å². The lowest BCUT2D eigenvalue weighted by molar-refractivity contribution is 1.05. The van der Waals surface area contributed by atoms with E-state index in [1.54, 1.807) is 12.4 Å². The summed E-state index contributed by atoms with van der Waals surface area (Å²) in [6.07, 6.45) is 3.60. The van der Waals surface area contributed by atoms with Crippen LogP contribution in [0.1, 0.15) is 5.69 Å². The Kier molecular flexibility index (Phi) is 3.17. The van der Waals surface area contributed by atoms with Crippen LogP contribution in [0.15, 0.2) is 53.3 Å². The van der Waals surface area contributed by atoms with Crippen LogP contribution < -0.4 is 0 Å². The summed E-state index contributed by atoms with van der Waals surface area (Å²) in [5.41, 5.74) is 5.38. The van der Waals surface area contributed by atoms with E-state index in [2.05, 4.69) is 43.2 Å². The highest BCUT2D eigenvalue weighted by molar-refractivity contribution is 9.10. The number of hydrogen-bond donors (Lipinski definition) is 1. The van der Waals surface area contributed by atoms with E-state index in [1.807, 2.05) is 31.2 Å². The van der Waals surface area contributed by atoms with Crippen molar-refractivity contribution >= 4 is 15.9 Å². The van der Waals surface area contributed by atoms with Crippen LogP contribution in [-0.2, 0) is 0 Å². The van der Waals surface area contributed by atoms with E-state index in [1.165, 1.54) is 0 Å². The van der Waals surface area contributed by atoms with Crippen molar-refractivity contribution in [1.82, 2.24) is 15.2 Å². The van der Waals surface area contributed by atoms with Gasteiger partial charge in [0.2, 0.25) is 0 Å². The molecule has 0 radical (unpaired) electrons.